The van der Waals surface area contributed by atoms with Crippen molar-refractivity contribution >= 4 is 22.4 Å². The van der Waals surface area contributed by atoms with Crippen LogP contribution in [0.4, 0.5) is 5.69 Å². The van der Waals surface area contributed by atoms with Gasteiger partial charge < -0.3 is 4.74 Å². The van der Waals surface area contributed by atoms with Gasteiger partial charge in [0.25, 0.3) is 5.69 Å². The normalized spacial score (nSPS) is 9.89. The average molecular weight is 256 g/mol. The molecule has 0 amide bonds. The number of methoxy groups -OCH3 is 1. The number of ether oxygens (including phenoxy) is 1. The molecule has 19 heavy (non-hydrogen) atoms. The number of hydrogen-bond donors (Lipinski definition) is 0. The number of benzene rings is 2. The lowest BCUT2D eigenvalue weighted by Crippen LogP contribution is -2.02. The van der Waals surface area contributed by atoms with Gasteiger partial charge in [-0.15, -0.1) is 0 Å². The van der Waals surface area contributed by atoms with Gasteiger partial charge in [0.2, 0.25) is 0 Å². The smallest absolute Gasteiger partial charge is 0.338 e. The van der Waals surface area contributed by atoms with Crippen LogP contribution in [0.5, 0.6) is 0 Å². The van der Waals surface area contributed by atoms with Crippen LogP contribution in [0, 0.1) is 21.4 Å². The van der Waals surface area contributed by atoms with E-state index in [0.29, 0.717) is 16.3 Å². The number of nitriles is 1. The lowest BCUT2D eigenvalue weighted by atomic mass is 10.0. The monoisotopic (exact) mass is 256 g/mol. The van der Waals surface area contributed by atoms with E-state index < -0.39 is 10.9 Å². The number of nitrogens with zero attached hydrogens (tertiary/aromatic N) is 2. The first-order valence-corrected chi connectivity index (χ1v) is 5.27. The Labute approximate surface area is 108 Å². The maximum Gasteiger partial charge on any atom is 0.338 e. The van der Waals surface area contributed by atoms with Gasteiger partial charge in [-0.3, -0.25) is 10.1 Å². The van der Waals surface area contributed by atoms with E-state index in [1.165, 1.54) is 25.3 Å². The topological polar surface area (TPSA) is 93.2 Å². The molecule has 0 radical (unpaired) electrons. The third kappa shape index (κ3) is 2.21. The minimum absolute atomic E-state index is 0.103. The Morgan fingerprint density at radius 2 is 2.11 bits per heavy atom. The van der Waals surface area contributed by atoms with Crippen molar-refractivity contribution in [2.75, 3.05) is 7.11 Å². The Kier molecular flexibility index (Phi) is 3.12. The molecule has 2 rings (SSSR count). The van der Waals surface area contributed by atoms with Crippen molar-refractivity contribution in [3.8, 4) is 6.07 Å². The van der Waals surface area contributed by atoms with Crippen molar-refractivity contribution in [2.24, 2.45) is 0 Å². The molecule has 0 aliphatic carbocycles. The van der Waals surface area contributed by atoms with Crippen molar-refractivity contribution in [1.82, 2.24) is 0 Å². The van der Waals surface area contributed by atoms with Crippen LogP contribution in [-0.4, -0.2) is 18.0 Å². The van der Waals surface area contributed by atoms with E-state index >= 15 is 0 Å². The summed E-state index contributed by atoms with van der Waals surface area (Å²) in [6.07, 6.45) is 0. The molecule has 0 N–H and O–H groups in total. The zero-order valence-electron chi connectivity index (χ0n) is 9.91. The standard InChI is InChI=1S/C13H8N2O4/c1-19-13(16)10-5-9-3-2-8(7-14)4-11(9)12(6-10)15(17)18/h2-6H,1H3. The van der Waals surface area contributed by atoms with E-state index in [1.807, 2.05) is 6.07 Å². The second-order valence-electron chi connectivity index (χ2n) is 3.79. The van der Waals surface area contributed by atoms with Crippen LogP contribution < -0.4 is 0 Å². The SMILES string of the molecule is COC(=O)c1cc([N+](=O)[O-])c2cc(C#N)ccc2c1. The van der Waals surface area contributed by atoms with Crippen molar-refractivity contribution in [2.45, 2.75) is 0 Å². The zero-order chi connectivity index (χ0) is 14.0. The van der Waals surface area contributed by atoms with Gasteiger partial charge in [-0.2, -0.15) is 5.26 Å². The van der Waals surface area contributed by atoms with Gasteiger partial charge in [0.15, 0.2) is 0 Å². The van der Waals surface area contributed by atoms with E-state index in [4.69, 9.17) is 5.26 Å². The fourth-order valence-corrected chi connectivity index (χ4v) is 1.79. The number of nitro groups is 1. The number of rotatable bonds is 2. The minimum Gasteiger partial charge on any atom is -0.465 e. The van der Waals surface area contributed by atoms with E-state index in [1.54, 1.807) is 6.07 Å². The summed E-state index contributed by atoms with van der Waals surface area (Å²) in [6.45, 7) is 0. The second kappa shape index (κ2) is 4.74. The molecule has 0 aliphatic heterocycles. The molecule has 0 saturated carbocycles. The van der Waals surface area contributed by atoms with Crippen LogP contribution in [0.1, 0.15) is 15.9 Å². The van der Waals surface area contributed by atoms with Gasteiger partial charge in [0.1, 0.15) is 0 Å². The number of hydrogen-bond acceptors (Lipinski definition) is 5. The summed E-state index contributed by atoms with van der Waals surface area (Å²) in [5, 5.41) is 20.7. The van der Waals surface area contributed by atoms with Gasteiger partial charge in [0, 0.05) is 6.07 Å². The summed E-state index contributed by atoms with van der Waals surface area (Å²) < 4.78 is 4.55. The number of non-ortho nitro benzene ring substituents is 1. The molecular weight excluding hydrogens is 248 g/mol. The lowest BCUT2D eigenvalue weighted by Gasteiger charge is -2.04. The molecule has 6 heteroatoms. The van der Waals surface area contributed by atoms with Gasteiger partial charge >= 0.3 is 5.97 Å². The largest absolute Gasteiger partial charge is 0.465 e. The lowest BCUT2D eigenvalue weighted by molar-refractivity contribution is -0.383. The quantitative estimate of drug-likeness (QED) is 0.467. The molecule has 94 valence electrons. The molecule has 0 aromatic heterocycles. The highest BCUT2D eigenvalue weighted by atomic mass is 16.6. The molecule has 0 fully saturated rings. The average Bonchev–Trinajstić information content (AvgIpc) is 2.44. The van der Waals surface area contributed by atoms with Gasteiger partial charge in [0.05, 0.1) is 34.6 Å². The highest BCUT2D eigenvalue weighted by molar-refractivity contribution is 6.00. The first-order valence-electron chi connectivity index (χ1n) is 5.27. The third-order valence-electron chi connectivity index (χ3n) is 2.68. The summed E-state index contributed by atoms with van der Waals surface area (Å²) >= 11 is 0. The Hall–Kier alpha value is -2.94. The summed E-state index contributed by atoms with van der Waals surface area (Å²) in [5.74, 6) is -0.644. The van der Waals surface area contributed by atoms with E-state index in [9.17, 15) is 14.9 Å². The van der Waals surface area contributed by atoms with Gasteiger partial charge in [-0.25, -0.2) is 4.79 Å². The molecule has 0 unspecified atom stereocenters. The predicted molar refractivity (Wildman–Crippen MR) is 66.7 cm³/mol. The summed E-state index contributed by atoms with van der Waals surface area (Å²) in [7, 11) is 1.21. The van der Waals surface area contributed by atoms with Gasteiger partial charge in [-0.05, 0) is 23.6 Å². The Morgan fingerprint density at radius 3 is 2.68 bits per heavy atom. The van der Waals surface area contributed by atoms with Crippen LogP contribution in [0.3, 0.4) is 0 Å². The Bertz CT molecular complexity index is 731. The molecule has 0 heterocycles. The number of carbonyl (C=O) groups is 1. The van der Waals surface area contributed by atoms with Crippen molar-refractivity contribution in [3.05, 3.63) is 51.6 Å². The Morgan fingerprint density at radius 1 is 1.37 bits per heavy atom. The predicted octanol–water partition coefficient (Wildman–Crippen LogP) is 2.41. The van der Waals surface area contributed by atoms with Crippen LogP contribution in [-0.2, 0) is 4.74 Å². The molecule has 0 spiro atoms. The highest BCUT2D eigenvalue weighted by Gasteiger charge is 2.17. The molecule has 6 nitrogen and oxygen atoms in total. The molecule has 2 aromatic rings. The summed E-state index contributed by atoms with van der Waals surface area (Å²) in [4.78, 5) is 21.9. The molecule has 0 atom stereocenters. The van der Waals surface area contributed by atoms with Crippen LogP contribution in [0.15, 0.2) is 30.3 Å². The maximum atomic E-state index is 11.5. The van der Waals surface area contributed by atoms with Crippen LogP contribution >= 0.6 is 0 Å². The van der Waals surface area contributed by atoms with Gasteiger partial charge in [-0.1, -0.05) is 6.07 Å². The summed E-state index contributed by atoms with van der Waals surface area (Å²) in [5.41, 5.74) is 0.197. The first-order chi connectivity index (χ1) is 9.06. The highest BCUT2D eigenvalue weighted by Crippen LogP contribution is 2.28. The van der Waals surface area contributed by atoms with E-state index in [-0.39, 0.29) is 11.3 Å². The molecule has 0 saturated heterocycles. The van der Waals surface area contributed by atoms with Crippen molar-refractivity contribution < 1.29 is 14.5 Å². The molecular formula is C13H8N2O4. The third-order valence-corrected chi connectivity index (χ3v) is 2.68. The number of nitro benzene ring substituents is 1. The second-order valence-corrected chi connectivity index (χ2v) is 3.79. The first kappa shape index (κ1) is 12.5. The Balaban J connectivity index is 2.80. The zero-order valence-corrected chi connectivity index (χ0v) is 9.91. The fraction of sp³-hybridized carbons (Fsp3) is 0.0769. The molecule has 0 aliphatic rings. The van der Waals surface area contributed by atoms with Crippen LogP contribution in [0.2, 0.25) is 0 Å². The maximum absolute atomic E-state index is 11.5. The number of fused-ring (bicyclic) bond motifs is 1. The van der Waals surface area contributed by atoms with Crippen LogP contribution in [0.25, 0.3) is 10.8 Å². The molecule has 0 bridgehead atoms. The van der Waals surface area contributed by atoms with E-state index in [2.05, 4.69) is 4.74 Å². The van der Waals surface area contributed by atoms with Crippen molar-refractivity contribution in [1.29, 1.82) is 5.26 Å². The minimum atomic E-state index is -0.644. The van der Waals surface area contributed by atoms with E-state index in [0.717, 1.165) is 6.07 Å². The number of carbonyl (C=O) groups excluding carboxylic acids is 1. The molecule has 2 aromatic carbocycles. The van der Waals surface area contributed by atoms with Crippen molar-refractivity contribution in [3.63, 3.8) is 0 Å². The fourth-order valence-electron chi connectivity index (χ4n) is 1.79. The number of esters is 1. The summed E-state index contributed by atoms with van der Waals surface area (Å²) in [6, 6.07) is 9.09.